The number of nitrogens with zero attached hydrogens (tertiary/aromatic N) is 3. The number of carbonyl (C=O) groups is 3. The Morgan fingerprint density at radius 2 is 2.04 bits per heavy atom. The lowest BCUT2D eigenvalue weighted by Gasteiger charge is -2.47. The van der Waals surface area contributed by atoms with Gasteiger partial charge in [-0.3, -0.25) is 19.7 Å². The number of piperazine rings is 1. The van der Waals surface area contributed by atoms with Gasteiger partial charge in [-0.25, -0.2) is 5.10 Å². The molecule has 1 aromatic heterocycles. The predicted octanol–water partition coefficient (Wildman–Crippen LogP) is -0.333. The van der Waals surface area contributed by atoms with Crippen molar-refractivity contribution in [2.45, 2.75) is 42.8 Å². The lowest BCUT2D eigenvalue weighted by molar-refractivity contribution is -0.158. The van der Waals surface area contributed by atoms with E-state index in [0.717, 1.165) is 31.0 Å². The monoisotopic (exact) mass is 338 g/mol. The van der Waals surface area contributed by atoms with Gasteiger partial charge in [0.1, 0.15) is 12.1 Å². The number of nitrogens with one attached hydrogen (secondary N) is 2. The third kappa shape index (κ3) is 3.03. The third-order valence-electron chi connectivity index (χ3n) is 4.28. The first-order valence-corrected chi connectivity index (χ1v) is 8.45. The molecule has 0 aromatic carbocycles. The van der Waals surface area contributed by atoms with Crippen LogP contribution in [0.4, 0.5) is 5.95 Å². The van der Waals surface area contributed by atoms with Gasteiger partial charge in [-0.2, -0.15) is 4.98 Å². The zero-order chi connectivity index (χ0) is 16.4. The summed E-state index contributed by atoms with van der Waals surface area (Å²) in [7, 11) is 0. The van der Waals surface area contributed by atoms with Crippen LogP contribution in [0, 0.1) is 0 Å². The zero-order valence-electron chi connectivity index (χ0n) is 12.5. The quantitative estimate of drug-likeness (QED) is 0.507. The van der Waals surface area contributed by atoms with Crippen molar-refractivity contribution in [1.82, 2.24) is 25.4 Å². The second-order valence-electron chi connectivity index (χ2n) is 5.74. The number of imide groups is 1. The summed E-state index contributed by atoms with van der Waals surface area (Å²) >= 11 is 1.13. The first-order chi connectivity index (χ1) is 11.0. The summed E-state index contributed by atoms with van der Waals surface area (Å²) in [6.07, 6.45) is 3.97. The molecule has 124 valence electrons. The van der Waals surface area contributed by atoms with Crippen molar-refractivity contribution in [1.29, 1.82) is 0 Å². The average molecular weight is 338 g/mol. The summed E-state index contributed by atoms with van der Waals surface area (Å²) in [6.45, 7) is -0.0821. The molecular weight excluding hydrogens is 320 g/mol. The van der Waals surface area contributed by atoms with E-state index < -0.39 is 11.4 Å². The number of carbonyl (C=O) groups excluding carboxylic acids is 3. The standard InChI is InChI=1S/C13H18N6O3S/c14-11-16-12(18-17-11)23-7-9(21)19-6-8(20)15-10(22)13(19)4-2-1-3-5-13/h1-7H2,(H,15,20,22)(H3,14,16,17,18). The number of thioether (sulfide) groups is 1. The normalized spacial score (nSPS) is 20.6. The van der Waals surface area contributed by atoms with Crippen LogP contribution in [-0.2, 0) is 14.4 Å². The summed E-state index contributed by atoms with van der Waals surface area (Å²) in [4.78, 5) is 42.1. The molecule has 1 aliphatic carbocycles. The Balaban J connectivity index is 1.75. The van der Waals surface area contributed by atoms with E-state index in [4.69, 9.17) is 5.73 Å². The number of aromatic amines is 1. The van der Waals surface area contributed by atoms with Crippen LogP contribution in [0.1, 0.15) is 32.1 Å². The van der Waals surface area contributed by atoms with Gasteiger partial charge < -0.3 is 10.6 Å². The lowest BCUT2D eigenvalue weighted by atomic mass is 9.78. The summed E-state index contributed by atoms with van der Waals surface area (Å²) in [5.74, 6) is -0.820. The van der Waals surface area contributed by atoms with Gasteiger partial charge in [0.05, 0.1) is 5.75 Å². The average Bonchev–Trinajstić information content (AvgIpc) is 2.95. The second kappa shape index (κ2) is 6.19. The second-order valence-corrected chi connectivity index (χ2v) is 6.68. The molecule has 1 aromatic rings. The van der Waals surface area contributed by atoms with Crippen LogP contribution in [0.3, 0.4) is 0 Å². The number of hydrogen-bond donors (Lipinski definition) is 3. The number of hydrogen-bond acceptors (Lipinski definition) is 7. The number of nitrogens with two attached hydrogens (primary N) is 1. The van der Waals surface area contributed by atoms with Crippen molar-refractivity contribution in [3.63, 3.8) is 0 Å². The van der Waals surface area contributed by atoms with Crippen LogP contribution in [0.15, 0.2) is 5.16 Å². The number of H-pyrrole nitrogens is 1. The largest absolute Gasteiger partial charge is 0.368 e. The van der Waals surface area contributed by atoms with Gasteiger partial charge in [-0.15, -0.1) is 5.10 Å². The van der Waals surface area contributed by atoms with Crippen molar-refractivity contribution in [2.24, 2.45) is 0 Å². The van der Waals surface area contributed by atoms with Crippen molar-refractivity contribution >= 4 is 35.4 Å². The minimum atomic E-state index is -0.887. The number of nitrogen functional groups attached to an aromatic ring is 1. The SMILES string of the molecule is Nc1nc(SCC(=O)N2CC(=O)NC(=O)C23CCCCC3)n[nH]1. The molecule has 1 saturated carbocycles. The van der Waals surface area contributed by atoms with Gasteiger partial charge in [0.15, 0.2) is 0 Å². The molecule has 3 amide bonds. The summed E-state index contributed by atoms with van der Waals surface area (Å²) in [5.41, 5.74) is 4.55. The Bertz CT molecular complexity index is 639. The Hall–Kier alpha value is -2.10. The fourth-order valence-electron chi connectivity index (χ4n) is 3.19. The molecule has 1 spiro atoms. The van der Waals surface area contributed by atoms with E-state index in [1.807, 2.05) is 0 Å². The third-order valence-corrected chi connectivity index (χ3v) is 5.11. The van der Waals surface area contributed by atoms with E-state index in [0.29, 0.717) is 18.0 Å². The van der Waals surface area contributed by atoms with Crippen LogP contribution >= 0.6 is 11.8 Å². The molecule has 10 heteroatoms. The Morgan fingerprint density at radius 3 is 2.70 bits per heavy atom. The van der Waals surface area contributed by atoms with Crippen LogP contribution in [0.2, 0.25) is 0 Å². The molecule has 23 heavy (non-hydrogen) atoms. The number of aromatic nitrogens is 3. The highest BCUT2D eigenvalue weighted by Crippen LogP contribution is 2.36. The maximum absolute atomic E-state index is 12.6. The molecule has 2 fully saturated rings. The molecule has 2 heterocycles. The van der Waals surface area contributed by atoms with Gasteiger partial charge >= 0.3 is 0 Å². The molecule has 4 N–H and O–H groups in total. The van der Waals surface area contributed by atoms with Crippen molar-refractivity contribution in [3.8, 4) is 0 Å². The predicted molar refractivity (Wildman–Crippen MR) is 82.2 cm³/mol. The summed E-state index contributed by atoms with van der Waals surface area (Å²) in [5, 5.41) is 9.09. The lowest BCUT2D eigenvalue weighted by Crippen LogP contribution is -2.69. The smallest absolute Gasteiger partial charge is 0.252 e. The molecule has 3 rings (SSSR count). The van der Waals surface area contributed by atoms with Crippen LogP contribution in [0.25, 0.3) is 0 Å². The number of amides is 3. The number of rotatable bonds is 3. The zero-order valence-corrected chi connectivity index (χ0v) is 13.3. The maximum Gasteiger partial charge on any atom is 0.252 e. The highest BCUT2D eigenvalue weighted by molar-refractivity contribution is 7.99. The molecule has 0 atom stereocenters. The Morgan fingerprint density at radius 1 is 1.30 bits per heavy atom. The first-order valence-electron chi connectivity index (χ1n) is 7.47. The van der Waals surface area contributed by atoms with Crippen molar-refractivity contribution in [2.75, 3.05) is 18.0 Å². The van der Waals surface area contributed by atoms with E-state index in [-0.39, 0.29) is 30.1 Å². The van der Waals surface area contributed by atoms with Crippen LogP contribution in [-0.4, -0.2) is 55.6 Å². The minimum Gasteiger partial charge on any atom is -0.368 e. The van der Waals surface area contributed by atoms with Gasteiger partial charge in [0.2, 0.25) is 22.9 Å². The molecule has 9 nitrogen and oxygen atoms in total. The molecule has 0 unspecified atom stereocenters. The molecule has 1 aliphatic heterocycles. The minimum absolute atomic E-state index is 0.0552. The molecule has 1 saturated heterocycles. The fraction of sp³-hybridized carbons (Fsp3) is 0.615. The molecule has 0 bridgehead atoms. The van der Waals surface area contributed by atoms with Gasteiger partial charge in [-0.1, -0.05) is 31.0 Å². The highest BCUT2D eigenvalue weighted by Gasteiger charge is 2.50. The van der Waals surface area contributed by atoms with E-state index in [1.165, 1.54) is 4.90 Å². The fourth-order valence-corrected chi connectivity index (χ4v) is 3.87. The first kappa shape index (κ1) is 15.8. The van der Waals surface area contributed by atoms with E-state index in [1.54, 1.807) is 0 Å². The van der Waals surface area contributed by atoms with E-state index in [2.05, 4.69) is 20.5 Å². The number of anilines is 1. The van der Waals surface area contributed by atoms with Crippen molar-refractivity contribution in [3.05, 3.63) is 0 Å². The Kier molecular flexibility index (Phi) is 4.24. The Labute approximate surface area is 136 Å². The maximum atomic E-state index is 12.6. The molecule has 2 aliphatic rings. The highest BCUT2D eigenvalue weighted by atomic mass is 32.2. The molecule has 0 radical (unpaired) electrons. The van der Waals surface area contributed by atoms with Crippen LogP contribution in [0.5, 0.6) is 0 Å². The van der Waals surface area contributed by atoms with Crippen molar-refractivity contribution < 1.29 is 14.4 Å². The molecular formula is C13H18N6O3S. The van der Waals surface area contributed by atoms with E-state index in [9.17, 15) is 14.4 Å². The van der Waals surface area contributed by atoms with Crippen LogP contribution < -0.4 is 11.1 Å². The van der Waals surface area contributed by atoms with Gasteiger partial charge in [0, 0.05) is 0 Å². The van der Waals surface area contributed by atoms with Gasteiger partial charge in [-0.05, 0) is 12.8 Å². The van der Waals surface area contributed by atoms with Gasteiger partial charge in [0.25, 0.3) is 5.91 Å². The summed E-state index contributed by atoms with van der Waals surface area (Å²) in [6, 6.07) is 0. The summed E-state index contributed by atoms with van der Waals surface area (Å²) < 4.78 is 0. The topological polar surface area (TPSA) is 134 Å². The van der Waals surface area contributed by atoms with E-state index >= 15 is 0 Å².